The van der Waals surface area contributed by atoms with E-state index >= 15 is 0 Å². The fraction of sp³-hybridized carbons (Fsp3) is 0.647. The average Bonchev–Trinajstić information content (AvgIpc) is 2.82. The third-order valence-corrected chi connectivity index (χ3v) is 4.77. The molecular formula is C17H26N2. The van der Waals surface area contributed by atoms with Gasteiger partial charge < -0.3 is 5.32 Å². The Balaban J connectivity index is 1.76. The number of nitrogens with zero attached hydrogens (tertiary/aromatic N) is 1. The molecule has 1 aromatic carbocycles. The van der Waals surface area contributed by atoms with Crippen LogP contribution in [0.2, 0.25) is 0 Å². The monoisotopic (exact) mass is 258 g/mol. The van der Waals surface area contributed by atoms with Gasteiger partial charge in [0.2, 0.25) is 0 Å². The van der Waals surface area contributed by atoms with E-state index in [2.05, 4.69) is 49.2 Å². The smallest absolute Gasteiger partial charge is 0.0281 e. The maximum absolute atomic E-state index is 3.59. The lowest BCUT2D eigenvalue weighted by molar-refractivity contribution is 0.0626. The molecule has 1 heterocycles. The number of benzene rings is 1. The third kappa shape index (κ3) is 2.70. The summed E-state index contributed by atoms with van der Waals surface area (Å²) in [7, 11) is 0. The molecular weight excluding hydrogens is 232 g/mol. The van der Waals surface area contributed by atoms with Gasteiger partial charge in [-0.25, -0.2) is 0 Å². The van der Waals surface area contributed by atoms with Crippen LogP contribution in [0, 0.1) is 0 Å². The fourth-order valence-corrected chi connectivity index (χ4v) is 3.40. The predicted molar refractivity (Wildman–Crippen MR) is 80.4 cm³/mol. The highest BCUT2D eigenvalue weighted by molar-refractivity contribution is 5.35. The summed E-state index contributed by atoms with van der Waals surface area (Å²) in [6, 6.07) is 7.75. The van der Waals surface area contributed by atoms with Gasteiger partial charge in [0.15, 0.2) is 0 Å². The first kappa shape index (κ1) is 13.1. The van der Waals surface area contributed by atoms with Crippen molar-refractivity contribution in [1.82, 2.24) is 10.2 Å². The number of nitrogens with one attached hydrogen (secondary N) is 1. The molecule has 0 amide bonds. The van der Waals surface area contributed by atoms with Crippen molar-refractivity contribution in [3.8, 4) is 0 Å². The largest absolute Gasteiger partial charge is 0.311 e. The molecule has 3 rings (SSSR count). The lowest BCUT2D eigenvalue weighted by atomic mass is 9.96. The summed E-state index contributed by atoms with van der Waals surface area (Å²) in [6.45, 7) is 10.3. The van der Waals surface area contributed by atoms with Crippen molar-refractivity contribution in [3.05, 3.63) is 34.9 Å². The minimum atomic E-state index is 0.255. The number of piperazine rings is 1. The molecule has 0 bridgehead atoms. The number of hydrogen-bond acceptors (Lipinski definition) is 2. The van der Waals surface area contributed by atoms with Crippen LogP contribution in [-0.4, -0.2) is 29.6 Å². The van der Waals surface area contributed by atoms with Crippen LogP contribution in [0.25, 0.3) is 0 Å². The van der Waals surface area contributed by atoms with Crippen molar-refractivity contribution in [2.75, 3.05) is 13.1 Å². The van der Waals surface area contributed by atoms with Crippen LogP contribution in [0.5, 0.6) is 0 Å². The molecule has 1 saturated heterocycles. The highest BCUT2D eigenvalue weighted by atomic mass is 15.3. The molecule has 0 spiro atoms. The zero-order valence-corrected chi connectivity index (χ0v) is 12.5. The van der Waals surface area contributed by atoms with E-state index in [1.54, 1.807) is 11.1 Å². The van der Waals surface area contributed by atoms with Gasteiger partial charge in [0.05, 0.1) is 0 Å². The van der Waals surface area contributed by atoms with Gasteiger partial charge in [0.25, 0.3) is 0 Å². The summed E-state index contributed by atoms with van der Waals surface area (Å²) in [5.74, 6) is 0. The Morgan fingerprint density at radius 1 is 1.26 bits per heavy atom. The van der Waals surface area contributed by atoms with E-state index in [0.717, 1.165) is 19.6 Å². The first-order valence-corrected chi connectivity index (χ1v) is 7.64. The predicted octanol–water partition coefficient (Wildman–Crippen LogP) is 2.75. The third-order valence-electron chi connectivity index (χ3n) is 4.77. The van der Waals surface area contributed by atoms with E-state index in [9.17, 15) is 0 Å². The van der Waals surface area contributed by atoms with Crippen LogP contribution >= 0.6 is 0 Å². The van der Waals surface area contributed by atoms with Crippen LogP contribution in [0.3, 0.4) is 0 Å². The standard InChI is InChI=1S/C17H26N2/c1-13-10-19(17(2,3)12-18-13)11-14-7-8-15-5-4-6-16(15)9-14/h7-9,13,18H,4-6,10-12H2,1-3H3. The SMILES string of the molecule is CC1CN(Cc2ccc3c(c2)CCC3)C(C)(C)CN1. The molecule has 1 aliphatic carbocycles. The average molecular weight is 258 g/mol. The van der Waals surface area contributed by atoms with Crippen molar-refractivity contribution >= 4 is 0 Å². The lowest BCUT2D eigenvalue weighted by Crippen LogP contribution is -2.60. The highest BCUT2D eigenvalue weighted by Gasteiger charge is 2.32. The maximum Gasteiger partial charge on any atom is 0.0281 e. The summed E-state index contributed by atoms with van der Waals surface area (Å²) in [5, 5.41) is 3.59. The van der Waals surface area contributed by atoms with Crippen molar-refractivity contribution in [1.29, 1.82) is 0 Å². The van der Waals surface area contributed by atoms with Crippen LogP contribution in [-0.2, 0) is 19.4 Å². The van der Waals surface area contributed by atoms with E-state index < -0.39 is 0 Å². The van der Waals surface area contributed by atoms with E-state index in [-0.39, 0.29) is 5.54 Å². The molecule has 1 fully saturated rings. The van der Waals surface area contributed by atoms with E-state index in [4.69, 9.17) is 0 Å². The molecule has 0 saturated carbocycles. The zero-order valence-electron chi connectivity index (χ0n) is 12.5. The summed E-state index contributed by atoms with van der Waals surface area (Å²) < 4.78 is 0. The molecule has 0 aromatic heterocycles. The van der Waals surface area contributed by atoms with Crippen molar-refractivity contribution in [2.24, 2.45) is 0 Å². The van der Waals surface area contributed by atoms with Gasteiger partial charge in [-0.05, 0) is 56.7 Å². The zero-order chi connectivity index (χ0) is 13.5. The Morgan fingerprint density at radius 2 is 2.05 bits per heavy atom. The second kappa shape index (κ2) is 4.92. The molecule has 2 aliphatic rings. The molecule has 19 heavy (non-hydrogen) atoms. The Labute approximate surface area is 117 Å². The van der Waals surface area contributed by atoms with Crippen LogP contribution < -0.4 is 5.32 Å². The highest BCUT2D eigenvalue weighted by Crippen LogP contribution is 2.26. The van der Waals surface area contributed by atoms with Crippen LogP contribution in [0.1, 0.15) is 43.9 Å². The van der Waals surface area contributed by atoms with Gasteiger partial charge in [0.1, 0.15) is 0 Å². The van der Waals surface area contributed by atoms with Crippen molar-refractivity contribution in [2.45, 2.75) is 58.2 Å². The van der Waals surface area contributed by atoms with Gasteiger partial charge in [-0.15, -0.1) is 0 Å². The second-order valence-corrected chi connectivity index (χ2v) is 6.93. The Bertz CT molecular complexity index is 464. The minimum Gasteiger partial charge on any atom is -0.311 e. The minimum absolute atomic E-state index is 0.255. The summed E-state index contributed by atoms with van der Waals surface area (Å²) in [5.41, 5.74) is 4.92. The molecule has 1 unspecified atom stereocenters. The molecule has 1 aliphatic heterocycles. The molecule has 0 radical (unpaired) electrons. The van der Waals surface area contributed by atoms with Crippen molar-refractivity contribution in [3.63, 3.8) is 0 Å². The Kier molecular flexibility index (Phi) is 3.40. The molecule has 1 atom stereocenters. The maximum atomic E-state index is 3.59. The summed E-state index contributed by atoms with van der Waals surface area (Å²) >= 11 is 0. The number of aryl methyl sites for hydroxylation is 2. The number of rotatable bonds is 2. The van der Waals surface area contributed by atoms with Crippen LogP contribution in [0.4, 0.5) is 0 Å². The van der Waals surface area contributed by atoms with Crippen LogP contribution in [0.15, 0.2) is 18.2 Å². The summed E-state index contributed by atoms with van der Waals surface area (Å²) in [4.78, 5) is 2.63. The Hall–Kier alpha value is -0.860. The molecule has 1 N–H and O–H groups in total. The van der Waals surface area contributed by atoms with Gasteiger partial charge in [0, 0.05) is 31.2 Å². The van der Waals surface area contributed by atoms with Crippen molar-refractivity contribution < 1.29 is 0 Å². The number of hydrogen-bond donors (Lipinski definition) is 1. The fourth-order valence-electron chi connectivity index (χ4n) is 3.40. The molecule has 2 heteroatoms. The first-order chi connectivity index (χ1) is 9.04. The Morgan fingerprint density at radius 3 is 2.89 bits per heavy atom. The normalized spacial score (nSPS) is 26.4. The number of fused-ring (bicyclic) bond motifs is 1. The van der Waals surface area contributed by atoms with Gasteiger partial charge in [-0.2, -0.15) is 0 Å². The second-order valence-electron chi connectivity index (χ2n) is 6.93. The van der Waals surface area contributed by atoms with E-state index in [0.29, 0.717) is 6.04 Å². The molecule has 1 aromatic rings. The van der Waals surface area contributed by atoms with E-state index in [1.165, 1.54) is 24.8 Å². The van der Waals surface area contributed by atoms with E-state index in [1.807, 2.05) is 0 Å². The molecule has 104 valence electrons. The lowest BCUT2D eigenvalue weighted by Gasteiger charge is -2.45. The quantitative estimate of drug-likeness (QED) is 0.877. The van der Waals surface area contributed by atoms with Gasteiger partial charge >= 0.3 is 0 Å². The topological polar surface area (TPSA) is 15.3 Å². The van der Waals surface area contributed by atoms with Gasteiger partial charge in [-0.3, -0.25) is 4.90 Å². The molecule has 2 nitrogen and oxygen atoms in total. The first-order valence-electron chi connectivity index (χ1n) is 7.64. The van der Waals surface area contributed by atoms with Gasteiger partial charge in [-0.1, -0.05) is 18.2 Å². The summed E-state index contributed by atoms with van der Waals surface area (Å²) in [6.07, 6.45) is 3.91.